The molecule has 0 amide bonds. The number of pyridine rings is 1. The van der Waals surface area contributed by atoms with E-state index >= 15 is 0 Å². The van der Waals surface area contributed by atoms with Gasteiger partial charge in [0, 0.05) is 12.5 Å². The van der Waals surface area contributed by atoms with Gasteiger partial charge in [-0.25, -0.2) is 13.4 Å². The minimum atomic E-state index is -4.06. The summed E-state index contributed by atoms with van der Waals surface area (Å²) in [4.78, 5) is 36.5. The predicted molar refractivity (Wildman–Crippen MR) is 128 cm³/mol. The van der Waals surface area contributed by atoms with Crippen LogP contribution in [0.3, 0.4) is 0 Å². The van der Waals surface area contributed by atoms with Crippen LogP contribution in [-0.4, -0.2) is 28.4 Å². The van der Waals surface area contributed by atoms with Crippen LogP contribution in [0.5, 0.6) is 0 Å². The number of aromatic amines is 2. The number of aryl methyl sites for hydroxylation is 2. The molecule has 10 nitrogen and oxygen atoms in total. The van der Waals surface area contributed by atoms with Gasteiger partial charge in [-0.2, -0.15) is 0 Å². The maximum absolute atomic E-state index is 13.1. The zero-order chi connectivity index (χ0) is 24.2. The van der Waals surface area contributed by atoms with Gasteiger partial charge in [-0.3, -0.25) is 19.3 Å². The molecule has 5 rings (SSSR count). The summed E-state index contributed by atoms with van der Waals surface area (Å²) in [7, 11) is -4.06. The number of sulfonamides is 1. The topological polar surface area (TPSA) is 151 Å². The fraction of sp³-hybridized carbons (Fsp3) is 0.0909. The molecule has 3 heterocycles. The van der Waals surface area contributed by atoms with Crippen molar-refractivity contribution >= 4 is 49.4 Å². The minimum Gasteiger partial charge on any atom is -0.441 e. The van der Waals surface area contributed by atoms with Crippen molar-refractivity contribution in [1.82, 2.24) is 19.9 Å². The van der Waals surface area contributed by atoms with E-state index in [9.17, 15) is 18.0 Å². The molecule has 0 radical (unpaired) electrons. The molecule has 34 heavy (non-hydrogen) atoms. The molecule has 0 unspecified atom stereocenters. The SMILES string of the molecule is Cc1nc2cc(-c3ncc(NS(=O)(=O)c4cc5[nH]c(=O)c(=O)[nH]c5cc4C)cc3Cl)ccc2o1. The summed E-state index contributed by atoms with van der Waals surface area (Å²) in [6, 6.07) is 9.54. The zero-order valence-corrected chi connectivity index (χ0v) is 19.3. The van der Waals surface area contributed by atoms with E-state index in [1.165, 1.54) is 24.4 Å². The predicted octanol–water partition coefficient (Wildman–Crippen LogP) is 3.49. The second-order valence-corrected chi connectivity index (χ2v) is 9.70. The Morgan fingerprint density at radius 1 is 1.00 bits per heavy atom. The first-order chi connectivity index (χ1) is 16.1. The number of anilines is 1. The zero-order valence-electron chi connectivity index (χ0n) is 17.8. The molecule has 0 atom stereocenters. The Morgan fingerprint density at radius 2 is 1.71 bits per heavy atom. The van der Waals surface area contributed by atoms with Gasteiger partial charge in [0.05, 0.1) is 38.5 Å². The highest BCUT2D eigenvalue weighted by Gasteiger charge is 2.20. The van der Waals surface area contributed by atoms with Crippen molar-refractivity contribution in [2.45, 2.75) is 18.7 Å². The molecular weight excluding hydrogens is 482 g/mol. The number of halogens is 1. The average molecular weight is 498 g/mol. The molecule has 0 saturated heterocycles. The second kappa shape index (κ2) is 7.82. The third-order valence-corrected chi connectivity index (χ3v) is 6.98. The van der Waals surface area contributed by atoms with Crippen molar-refractivity contribution in [2.75, 3.05) is 4.72 Å². The van der Waals surface area contributed by atoms with Crippen LogP contribution in [-0.2, 0) is 10.0 Å². The van der Waals surface area contributed by atoms with E-state index in [2.05, 4.69) is 24.7 Å². The van der Waals surface area contributed by atoms with Crippen LogP contribution in [0.25, 0.3) is 33.4 Å². The second-order valence-electron chi connectivity index (χ2n) is 7.65. The summed E-state index contributed by atoms with van der Waals surface area (Å²) in [6.07, 6.45) is 1.35. The van der Waals surface area contributed by atoms with Gasteiger partial charge in [0.25, 0.3) is 10.0 Å². The molecule has 0 spiro atoms. The third kappa shape index (κ3) is 3.84. The first-order valence-corrected chi connectivity index (χ1v) is 11.8. The highest BCUT2D eigenvalue weighted by atomic mass is 35.5. The Balaban J connectivity index is 1.49. The standard InChI is InChI=1S/C22H16ClN5O5S/c1-10-5-15-16(27-22(30)21(29)26-15)8-19(10)34(31,32)28-13-7-14(23)20(24-9-13)12-3-4-18-17(6-12)25-11(2)33-18/h3-9,28H,1-2H3,(H,26,29)(H,27,30). The fourth-order valence-corrected chi connectivity index (χ4v) is 5.21. The number of fused-ring (bicyclic) bond motifs is 2. The van der Waals surface area contributed by atoms with Crippen LogP contribution in [0.1, 0.15) is 11.5 Å². The molecule has 2 aromatic carbocycles. The van der Waals surface area contributed by atoms with Gasteiger partial charge in [-0.05, 0) is 48.9 Å². The molecule has 0 bridgehead atoms. The van der Waals surface area contributed by atoms with Crippen LogP contribution in [0, 0.1) is 13.8 Å². The van der Waals surface area contributed by atoms with Crippen LogP contribution in [0.15, 0.2) is 61.5 Å². The number of nitrogens with one attached hydrogen (secondary N) is 3. The summed E-state index contributed by atoms with van der Waals surface area (Å²) < 4.78 is 34.1. The van der Waals surface area contributed by atoms with E-state index in [1.54, 1.807) is 32.0 Å². The van der Waals surface area contributed by atoms with Crippen molar-refractivity contribution in [3.05, 3.63) is 79.8 Å². The van der Waals surface area contributed by atoms with E-state index in [0.717, 1.165) is 0 Å². The lowest BCUT2D eigenvalue weighted by Crippen LogP contribution is -2.29. The lowest BCUT2D eigenvalue weighted by molar-refractivity contribution is 0.561. The maximum atomic E-state index is 13.1. The molecule has 12 heteroatoms. The monoisotopic (exact) mass is 497 g/mol. The summed E-state index contributed by atoms with van der Waals surface area (Å²) in [5.74, 6) is 0.537. The molecule has 0 fully saturated rings. The smallest absolute Gasteiger partial charge is 0.314 e. The van der Waals surface area contributed by atoms with Gasteiger partial charge in [0.15, 0.2) is 11.5 Å². The van der Waals surface area contributed by atoms with Gasteiger partial charge in [0.1, 0.15) is 5.52 Å². The summed E-state index contributed by atoms with van der Waals surface area (Å²) >= 11 is 6.42. The third-order valence-electron chi connectivity index (χ3n) is 5.17. The molecule has 172 valence electrons. The quantitative estimate of drug-likeness (QED) is 0.321. The average Bonchev–Trinajstić information content (AvgIpc) is 3.13. The van der Waals surface area contributed by atoms with Crippen LogP contribution >= 0.6 is 11.6 Å². The molecule has 0 aliphatic carbocycles. The number of rotatable bonds is 4. The number of aromatic nitrogens is 4. The lowest BCUT2D eigenvalue weighted by Gasteiger charge is -2.12. The number of oxazole rings is 1. The number of hydrogen-bond donors (Lipinski definition) is 3. The number of benzene rings is 2. The Hall–Kier alpha value is -3.96. The first kappa shape index (κ1) is 21.9. The summed E-state index contributed by atoms with van der Waals surface area (Å²) in [5.41, 5.74) is 1.77. The Labute approximate surface area is 196 Å². The molecular formula is C22H16ClN5O5S. The van der Waals surface area contributed by atoms with Gasteiger partial charge in [0.2, 0.25) is 0 Å². The first-order valence-electron chi connectivity index (χ1n) is 9.93. The van der Waals surface area contributed by atoms with Crippen LogP contribution < -0.4 is 15.8 Å². The van der Waals surface area contributed by atoms with E-state index in [0.29, 0.717) is 39.3 Å². The summed E-state index contributed by atoms with van der Waals surface area (Å²) in [5, 5.41) is 0.233. The largest absolute Gasteiger partial charge is 0.441 e. The number of nitrogens with zero attached hydrogens (tertiary/aromatic N) is 2. The Kier molecular flexibility index (Phi) is 5.03. The van der Waals surface area contributed by atoms with Crippen molar-refractivity contribution in [3.8, 4) is 11.3 Å². The van der Waals surface area contributed by atoms with E-state index in [1.807, 2.05) is 0 Å². The molecule has 5 aromatic rings. The van der Waals surface area contributed by atoms with Gasteiger partial charge in [-0.1, -0.05) is 11.6 Å². The fourth-order valence-electron chi connectivity index (χ4n) is 3.65. The lowest BCUT2D eigenvalue weighted by atomic mass is 10.1. The highest BCUT2D eigenvalue weighted by Crippen LogP contribution is 2.31. The number of hydrogen-bond acceptors (Lipinski definition) is 7. The molecule has 0 aliphatic rings. The molecule has 0 saturated carbocycles. The minimum absolute atomic E-state index is 0.0743. The van der Waals surface area contributed by atoms with Crippen molar-refractivity contribution in [3.63, 3.8) is 0 Å². The van der Waals surface area contributed by atoms with Crippen molar-refractivity contribution in [2.24, 2.45) is 0 Å². The Morgan fingerprint density at radius 3 is 2.41 bits per heavy atom. The highest BCUT2D eigenvalue weighted by molar-refractivity contribution is 7.92. The van der Waals surface area contributed by atoms with Crippen molar-refractivity contribution in [1.29, 1.82) is 0 Å². The summed E-state index contributed by atoms with van der Waals surface area (Å²) in [6.45, 7) is 3.33. The number of H-pyrrole nitrogens is 2. The molecule has 0 aliphatic heterocycles. The normalized spacial score (nSPS) is 11.9. The van der Waals surface area contributed by atoms with E-state index < -0.39 is 21.1 Å². The van der Waals surface area contributed by atoms with Gasteiger partial charge in [-0.15, -0.1) is 0 Å². The van der Waals surface area contributed by atoms with Crippen molar-refractivity contribution < 1.29 is 12.8 Å². The van der Waals surface area contributed by atoms with E-state index in [-0.39, 0.29) is 21.1 Å². The van der Waals surface area contributed by atoms with Crippen LogP contribution in [0.2, 0.25) is 5.02 Å². The van der Waals surface area contributed by atoms with Gasteiger partial charge < -0.3 is 14.4 Å². The van der Waals surface area contributed by atoms with Crippen LogP contribution in [0.4, 0.5) is 5.69 Å². The molecule has 3 N–H and O–H groups in total. The maximum Gasteiger partial charge on any atom is 0.314 e. The Bertz CT molecular complexity index is 1840. The molecule has 3 aromatic heterocycles. The van der Waals surface area contributed by atoms with E-state index in [4.69, 9.17) is 16.0 Å². The van der Waals surface area contributed by atoms with Gasteiger partial charge >= 0.3 is 11.1 Å².